The van der Waals surface area contributed by atoms with Crippen molar-refractivity contribution in [3.63, 3.8) is 0 Å². The van der Waals surface area contributed by atoms with E-state index in [0.717, 1.165) is 6.42 Å². The molecule has 2 nitrogen and oxygen atoms in total. The number of aliphatic hydroxyl groups excluding tert-OH is 2. The quantitative estimate of drug-likeness (QED) is 0.586. The van der Waals surface area contributed by atoms with Gasteiger partial charge in [0.2, 0.25) is 0 Å². The molecule has 0 rings (SSSR count). The van der Waals surface area contributed by atoms with Crippen LogP contribution < -0.4 is 0 Å². The van der Waals surface area contributed by atoms with Crippen LogP contribution in [0.5, 0.6) is 0 Å². The first-order valence-corrected chi connectivity index (χ1v) is 3.30. The normalized spacial score (nSPS) is 17.3. The van der Waals surface area contributed by atoms with E-state index < -0.39 is 0 Å². The van der Waals surface area contributed by atoms with Crippen LogP contribution in [0.2, 0.25) is 0 Å². The fourth-order valence-corrected chi connectivity index (χ4v) is 0.615. The Bertz CT molecular complexity index is 63.9. The predicted octanol–water partition coefficient (Wildman–Crippen LogP) is 0.590. The van der Waals surface area contributed by atoms with Gasteiger partial charge in [-0.2, -0.15) is 0 Å². The largest absolute Gasteiger partial charge is 0.396 e. The maximum absolute atomic E-state index is 9.12. The summed E-state index contributed by atoms with van der Waals surface area (Å²) in [5.41, 5.74) is 0. The molecule has 55 valence electrons. The van der Waals surface area contributed by atoms with E-state index in [1.165, 1.54) is 0 Å². The van der Waals surface area contributed by atoms with Gasteiger partial charge in [0.1, 0.15) is 0 Å². The zero-order valence-corrected chi connectivity index (χ0v) is 5.88. The molecule has 0 aliphatic carbocycles. The maximum Gasteiger partial charge on any atom is 0.0587 e. The molecule has 0 aromatic carbocycles. The molecular weight excluding hydrogens is 116 g/mol. The molecule has 0 saturated carbocycles. The summed E-state index contributed by atoms with van der Waals surface area (Å²) in [4.78, 5) is 0. The van der Waals surface area contributed by atoms with Crippen LogP contribution in [0.1, 0.15) is 19.8 Å². The second-order valence-electron chi connectivity index (χ2n) is 2.37. The Hall–Kier alpha value is -0.0800. The number of aliphatic hydroxyl groups is 2. The maximum atomic E-state index is 9.12. The van der Waals surface area contributed by atoms with Crippen LogP contribution in [0.25, 0.3) is 0 Å². The second kappa shape index (κ2) is 4.77. The molecule has 0 aromatic rings. The van der Waals surface area contributed by atoms with E-state index in [1.54, 1.807) is 0 Å². The van der Waals surface area contributed by atoms with Gasteiger partial charge in [-0.05, 0) is 6.42 Å². The van der Waals surface area contributed by atoms with Gasteiger partial charge in [-0.1, -0.05) is 20.3 Å². The van der Waals surface area contributed by atoms with Crippen molar-refractivity contribution < 1.29 is 10.2 Å². The van der Waals surface area contributed by atoms with E-state index in [1.807, 2.05) is 6.92 Å². The lowest BCUT2D eigenvalue weighted by Crippen LogP contribution is -2.20. The first kappa shape index (κ1) is 8.92. The molecule has 2 atom stereocenters. The Morgan fingerprint density at radius 2 is 2.11 bits per heavy atom. The van der Waals surface area contributed by atoms with Crippen LogP contribution in [-0.4, -0.2) is 22.9 Å². The fourth-order valence-electron chi connectivity index (χ4n) is 0.615. The average molecular weight is 131 g/mol. The van der Waals surface area contributed by atoms with Crippen LogP contribution >= 0.6 is 0 Å². The van der Waals surface area contributed by atoms with Crippen LogP contribution in [-0.2, 0) is 0 Å². The van der Waals surface area contributed by atoms with Crippen molar-refractivity contribution >= 4 is 0 Å². The van der Waals surface area contributed by atoms with Gasteiger partial charge in [0.05, 0.1) is 6.10 Å². The van der Waals surface area contributed by atoms with E-state index >= 15 is 0 Å². The molecular formula is C7H15O2. The van der Waals surface area contributed by atoms with Crippen LogP contribution in [0, 0.1) is 12.8 Å². The van der Waals surface area contributed by atoms with Gasteiger partial charge >= 0.3 is 0 Å². The van der Waals surface area contributed by atoms with Gasteiger partial charge in [-0.3, -0.25) is 0 Å². The third-order valence-electron chi connectivity index (χ3n) is 1.44. The molecule has 0 aliphatic heterocycles. The van der Waals surface area contributed by atoms with Gasteiger partial charge in [0.25, 0.3) is 0 Å². The van der Waals surface area contributed by atoms with Crippen LogP contribution in [0.4, 0.5) is 0 Å². The van der Waals surface area contributed by atoms with E-state index in [9.17, 15) is 0 Å². The predicted molar refractivity (Wildman–Crippen MR) is 36.8 cm³/mol. The highest BCUT2D eigenvalue weighted by molar-refractivity contribution is 4.63. The fraction of sp³-hybridized carbons (Fsp3) is 0.857. The summed E-state index contributed by atoms with van der Waals surface area (Å²) in [6, 6.07) is 0. The minimum Gasteiger partial charge on any atom is -0.396 e. The number of hydrogen-bond acceptors (Lipinski definition) is 2. The SMILES string of the molecule is [CH2]CCC(O)C(C)CO. The molecule has 2 N–H and O–H groups in total. The summed E-state index contributed by atoms with van der Waals surface area (Å²) in [5.74, 6) is -0.00764. The van der Waals surface area contributed by atoms with Crippen molar-refractivity contribution in [2.75, 3.05) is 6.61 Å². The zero-order valence-electron chi connectivity index (χ0n) is 5.88. The lowest BCUT2D eigenvalue weighted by atomic mass is 10.0. The highest BCUT2D eigenvalue weighted by Crippen LogP contribution is 2.06. The molecule has 9 heavy (non-hydrogen) atoms. The van der Waals surface area contributed by atoms with E-state index in [2.05, 4.69) is 6.92 Å². The molecule has 0 spiro atoms. The van der Waals surface area contributed by atoms with Crippen LogP contribution in [0.3, 0.4) is 0 Å². The molecule has 0 bridgehead atoms. The summed E-state index contributed by atoms with van der Waals surface area (Å²) in [7, 11) is 0. The summed E-state index contributed by atoms with van der Waals surface area (Å²) < 4.78 is 0. The number of rotatable bonds is 4. The highest BCUT2D eigenvalue weighted by Gasteiger charge is 2.10. The van der Waals surface area contributed by atoms with Crippen molar-refractivity contribution in [1.82, 2.24) is 0 Å². The summed E-state index contributed by atoms with van der Waals surface area (Å²) in [6.45, 7) is 5.48. The Kier molecular flexibility index (Phi) is 4.72. The minimum absolute atomic E-state index is 0.00764. The van der Waals surface area contributed by atoms with Crippen molar-refractivity contribution in [2.24, 2.45) is 5.92 Å². The highest BCUT2D eigenvalue weighted by atomic mass is 16.3. The second-order valence-corrected chi connectivity index (χ2v) is 2.37. The van der Waals surface area contributed by atoms with Crippen molar-refractivity contribution in [3.05, 3.63) is 6.92 Å². The van der Waals surface area contributed by atoms with Crippen LogP contribution in [0.15, 0.2) is 0 Å². The Balaban J connectivity index is 3.32. The van der Waals surface area contributed by atoms with Crippen molar-refractivity contribution in [3.8, 4) is 0 Å². The summed E-state index contributed by atoms with van der Waals surface area (Å²) >= 11 is 0. The molecule has 2 heteroatoms. The standard InChI is InChI=1S/C7H15O2/c1-3-4-7(9)6(2)5-8/h6-9H,1,3-5H2,2H3. The van der Waals surface area contributed by atoms with Gasteiger partial charge in [0, 0.05) is 12.5 Å². The molecule has 0 saturated heterocycles. The van der Waals surface area contributed by atoms with E-state index in [0.29, 0.717) is 6.42 Å². The molecule has 0 fully saturated rings. The van der Waals surface area contributed by atoms with E-state index in [4.69, 9.17) is 10.2 Å². The lowest BCUT2D eigenvalue weighted by Gasteiger charge is -2.14. The zero-order chi connectivity index (χ0) is 7.28. The molecule has 0 heterocycles. The molecule has 1 radical (unpaired) electrons. The third-order valence-corrected chi connectivity index (χ3v) is 1.44. The lowest BCUT2D eigenvalue weighted by molar-refractivity contribution is 0.0713. The number of hydrogen-bond donors (Lipinski definition) is 2. The van der Waals surface area contributed by atoms with E-state index in [-0.39, 0.29) is 18.6 Å². The smallest absolute Gasteiger partial charge is 0.0587 e. The third kappa shape index (κ3) is 3.49. The molecule has 2 unspecified atom stereocenters. The Morgan fingerprint density at radius 3 is 2.44 bits per heavy atom. The topological polar surface area (TPSA) is 40.5 Å². The Labute approximate surface area is 56.5 Å². The Morgan fingerprint density at radius 1 is 1.56 bits per heavy atom. The van der Waals surface area contributed by atoms with Gasteiger partial charge < -0.3 is 10.2 Å². The van der Waals surface area contributed by atoms with Crippen molar-refractivity contribution in [1.29, 1.82) is 0 Å². The monoisotopic (exact) mass is 131 g/mol. The van der Waals surface area contributed by atoms with Gasteiger partial charge in [0.15, 0.2) is 0 Å². The average Bonchev–Trinajstić information content (AvgIpc) is 1.87. The van der Waals surface area contributed by atoms with Gasteiger partial charge in [-0.25, -0.2) is 0 Å². The molecule has 0 aromatic heterocycles. The first-order valence-electron chi connectivity index (χ1n) is 3.30. The minimum atomic E-state index is -0.382. The molecule has 0 amide bonds. The van der Waals surface area contributed by atoms with Gasteiger partial charge in [-0.15, -0.1) is 0 Å². The summed E-state index contributed by atoms with van der Waals surface area (Å²) in [5, 5.41) is 17.7. The first-order chi connectivity index (χ1) is 4.22. The summed E-state index contributed by atoms with van der Waals surface area (Å²) in [6.07, 6.45) is 1.03. The molecule has 0 aliphatic rings. The van der Waals surface area contributed by atoms with Crippen molar-refractivity contribution in [2.45, 2.75) is 25.9 Å².